The third kappa shape index (κ3) is 3.57. The van der Waals surface area contributed by atoms with Crippen LogP contribution >= 0.6 is 0 Å². The number of nitrogens with one attached hydrogen (secondary N) is 1. The largest absolute Gasteiger partial charge is 0.294 e. The molecular weight excluding hydrogens is 276 g/mol. The van der Waals surface area contributed by atoms with E-state index in [1.54, 1.807) is 6.92 Å². The number of halogens is 2. The Balaban J connectivity index is 3.32. The van der Waals surface area contributed by atoms with E-state index in [2.05, 4.69) is 4.72 Å². The van der Waals surface area contributed by atoms with Gasteiger partial charge >= 0.3 is 0 Å². The highest BCUT2D eigenvalue weighted by atomic mass is 32.2. The molecule has 0 amide bonds. The number of sulfonamides is 1. The van der Waals surface area contributed by atoms with E-state index in [9.17, 15) is 22.0 Å². The maximum atomic E-state index is 13.6. The van der Waals surface area contributed by atoms with Gasteiger partial charge in [-0.25, -0.2) is 21.9 Å². The summed E-state index contributed by atoms with van der Waals surface area (Å²) >= 11 is 0. The molecule has 0 aliphatic rings. The Labute approximate surface area is 110 Å². The minimum absolute atomic E-state index is 0.00439. The summed E-state index contributed by atoms with van der Waals surface area (Å²) in [6.45, 7) is 3.39. The van der Waals surface area contributed by atoms with Crippen molar-refractivity contribution in [3.63, 3.8) is 0 Å². The van der Waals surface area contributed by atoms with E-state index in [0.29, 0.717) is 12.5 Å². The number of rotatable bonds is 6. The van der Waals surface area contributed by atoms with Crippen LogP contribution in [0.2, 0.25) is 0 Å². The third-order valence-electron chi connectivity index (χ3n) is 2.47. The first-order chi connectivity index (χ1) is 8.83. The normalized spacial score (nSPS) is 11.6. The van der Waals surface area contributed by atoms with Crippen LogP contribution in [0, 0.1) is 11.6 Å². The molecule has 0 radical (unpaired) electrons. The van der Waals surface area contributed by atoms with Crippen LogP contribution in [0.1, 0.15) is 37.0 Å². The summed E-state index contributed by atoms with van der Waals surface area (Å²) in [5.41, 5.74) is -0.416. The zero-order chi connectivity index (χ0) is 14.6. The summed E-state index contributed by atoms with van der Waals surface area (Å²) in [7, 11) is -4.08. The fraction of sp³-hybridized carbons (Fsp3) is 0.417. The van der Waals surface area contributed by atoms with Crippen molar-refractivity contribution in [2.75, 3.05) is 6.54 Å². The van der Waals surface area contributed by atoms with Gasteiger partial charge in [0.1, 0.15) is 16.5 Å². The Morgan fingerprint density at radius 2 is 1.84 bits per heavy atom. The molecule has 0 bridgehead atoms. The van der Waals surface area contributed by atoms with Crippen LogP contribution in [0.4, 0.5) is 8.78 Å². The van der Waals surface area contributed by atoms with E-state index in [1.165, 1.54) is 6.92 Å². The molecule has 0 heterocycles. The fourth-order valence-electron chi connectivity index (χ4n) is 1.45. The predicted octanol–water partition coefficient (Wildman–Crippen LogP) is 2.25. The lowest BCUT2D eigenvalue weighted by Gasteiger charge is -2.09. The summed E-state index contributed by atoms with van der Waals surface area (Å²) in [5.74, 6) is -2.85. The standard InChI is InChI=1S/C12H15F2NO3S/c1-3-5-15-19(17,18)12-6-8(11(16)4-2)9(13)7-10(12)14/h6-7,15H,3-5H2,1-2H3. The van der Waals surface area contributed by atoms with Crippen LogP contribution in [0.3, 0.4) is 0 Å². The number of hydrogen-bond acceptors (Lipinski definition) is 3. The maximum Gasteiger partial charge on any atom is 0.243 e. The van der Waals surface area contributed by atoms with Crippen molar-refractivity contribution < 1.29 is 22.0 Å². The molecule has 4 nitrogen and oxygen atoms in total. The van der Waals surface area contributed by atoms with Crippen molar-refractivity contribution in [3.05, 3.63) is 29.3 Å². The lowest BCUT2D eigenvalue weighted by atomic mass is 10.1. The minimum atomic E-state index is -4.08. The zero-order valence-electron chi connectivity index (χ0n) is 10.7. The van der Waals surface area contributed by atoms with Gasteiger partial charge in [0.15, 0.2) is 5.78 Å². The molecule has 1 N–H and O–H groups in total. The first-order valence-electron chi connectivity index (χ1n) is 5.85. The Bertz CT molecular complexity index is 585. The highest BCUT2D eigenvalue weighted by Gasteiger charge is 2.23. The van der Waals surface area contributed by atoms with Gasteiger partial charge in [-0.15, -0.1) is 0 Å². The molecule has 19 heavy (non-hydrogen) atoms. The van der Waals surface area contributed by atoms with Crippen molar-refractivity contribution in [1.82, 2.24) is 4.72 Å². The number of ketones is 1. The average molecular weight is 291 g/mol. The Morgan fingerprint density at radius 3 is 2.37 bits per heavy atom. The SMILES string of the molecule is CCCNS(=O)(=O)c1cc(C(=O)CC)c(F)cc1F. The second-order valence-electron chi connectivity index (χ2n) is 3.94. The Hall–Kier alpha value is -1.34. The van der Waals surface area contributed by atoms with E-state index in [1.807, 2.05) is 0 Å². The first-order valence-corrected chi connectivity index (χ1v) is 7.33. The number of Topliss-reactive ketones (excluding diaryl/α,β-unsaturated/α-hetero) is 1. The van der Waals surface area contributed by atoms with Crippen LogP contribution in [-0.4, -0.2) is 20.7 Å². The molecule has 0 fully saturated rings. The molecule has 0 spiro atoms. The van der Waals surface area contributed by atoms with E-state index in [4.69, 9.17) is 0 Å². The molecule has 1 rings (SSSR count). The van der Waals surface area contributed by atoms with Gasteiger partial charge in [-0.2, -0.15) is 0 Å². The van der Waals surface area contributed by atoms with Gasteiger partial charge in [0, 0.05) is 19.0 Å². The highest BCUT2D eigenvalue weighted by molar-refractivity contribution is 7.89. The molecule has 7 heteroatoms. The predicted molar refractivity (Wildman–Crippen MR) is 66.5 cm³/mol. The fourth-order valence-corrected chi connectivity index (χ4v) is 2.67. The molecule has 0 aliphatic heterocycles. The number of hydrogen-bond donors (Lipinski definition) is 1. The van der Waals surface area contributed by atoms with Gasteiger partial charge in [-0.3, -0.25) is 4.79 Å². The second-order valence-corrected chi connectivity index (χ2v) is 5.67. The van der Waals surface area contributed by atoms with Crippen molar-refractivity contribution in [3.8, 4) is 0 Å². The van der Waals surface area contributed by atoms with Gasteiger partial charge < -0.3 is 0 Å². The summed E-state index contributed by atoms with van der Waals surface area (Å²) < 4.78 is 52.8. The van der Waals surface area contributed by atoms with Crippen LogP contribution in [0.15, 0.2) is 17.0 Å². The van der Waals surface area contributed by atoms with Crippen molar-refractivity contribution >= 4 is 15.8 Å². The van der Waals surface area contributed by atoms with Crippen LogP contribution in [-0.2, 0) is 10.0 Å². The molecule has 0 aromatic heterocycles. The molecule has 106 valence electrons. The van der Waals surface area contributed by atoms with Gasteiger partial charge in [-0.05, 0) is 12.5 Å². The van der Waals surface area contributed by atoms with Crippen LogP contribution in [0.5, 0.6) is 0 Å². The van der Waals surface area contributed by atoms with Gasteiger partial charge in [-0.1, -0.05) is 13.8 Å². The topological polar surface area (TPSA) is 63.2 Å². The molecule has 0 aliphatic carbocycles. The minimum Gasteiger partial charge on any atom is -0.294 e. The van der Waals surface area contributed by atoms with E-state index in [-0.39, 0.29) is 13.0 Å². The molecule has 0 unspecified atom stereocenters. The van der Waals surface area contributed by atoms with Gasteiger partial charge in [0.25, 0.3) is 0 Å². The number of benzene rings is 1. The molecule has 0 atom stereocenters. The first kappa shape index (κ1) is 15.7. The lowest BCUT2D eigenvalue weighted by Crippen LogP contribution is -2.25. The lowest BCUT2D eigenvalue weighted by molar-refractivity contribution is 0.0984. The van der Waals surface area contributed by atoms with Gasteiger partial charge in [0.2, 0.25) is 10.0 Å². The molecule has 0 saturated carbocycles. The molecular formula is C12H15F2NO3S. The van der Waals surface area contributed by atoms with Crippen molar-refractivity contribution in [2.45, 2.75) is 31.6 Å². The van der Waals surface area contributed by atoms with Gasteiger partial charge in [0.05, 0.1) is 5.56 Å². The van der Waals surface area contributed by atoms with E-state index in [0.717, 1.165) is 6.07 Å². The van der Waals surface area contributed by atoms with Crippen molar-refractivity contribution in [1.29, 1.82) is 0 Å². The number of carbonyl (C=O) groups excluding carboxylic acids is 1. The maximum absolute atomic E-state index is 13.6. The summed E-state index contributed by atoms with van der Waals surface area (Å²) in [6, 6.07) is 1.16. The third-order valence-corrected chi connectivity index (χ3v) is 3.95. The Kier molecular flexibility index (Phi) is 5.13. The molecule has 1 aromatic rings. The zero-order valence-corrected chi connectivity index (χ0v) is 11.5. The van der Waals surface area contributed by atoms with E-state index >= 15 is 0 Å². The summed E-state index contributed by atoms with van der Waals surface area (Å²) in [4.78, 5) is 10.8. The summed E-state index contributed by atoms with van der Waals surface area (Å²) in [6.07, 6.45) is 0.535. The molecule has 1 aromatic carbocycles. The van der Waals surface area contributed by atoms with E-state index < -0.39 is 37.9 Å². The number of carbonyl (C=O) groups is 1. The smallest absolute Gasteiger partial charge is 0.243 e. The van der Waals surface area contributed by atoms with Crippen molar-refractivity contribution in [2.24, 2.45) is 0 Å². The second kappa shape index (κ2) is 6.21. The highest BCUT2D eigenvalue weighted by Crippen LogP contribution is 2.20. The monoisotopic (exact) mass is 291 g/mol. The average Bonchev–Trinajstić information content (AvgIpc) is 2.35. The van der Waals surface area contributed by atoms with Crippen LogP contribution < -0.4 is 4.72 Å². The summed E-state index contributed by atoms with van der Waals surface area (Å²) in [5, 5.41) is 0. The Morgan fingerprint density at radius 1 is 1.21 bits per heavy atom. The van der Waals surface area contributed by atoms with Crippen LogP contribution in [0.25, 0.3) is 0 Å². The quantitative estimate of drug-likeness (QED) is 0.818. The molecule has 0 saturated heterocycles.